The van der Waals surface area contributed by atoms with E-state index >= 15 is 0 Å². The summed E-state index contributed by atoms with van der Waals surface area (Å²) in [4.78, 5) is 0. The van der Waals surface area contributed by atoms with Crippen LogP contribution in [-0.4, -0.2) is 0 Å². The minimum Gasteiger partial charge on any atom is -0.0544 e. The van der Waals surface area contributed by atoms with Gasteiger partial charge in [0.2, 0.25) is 0 Å². The molecule has 0 aromatic heterocycles. The van der Waals surface area contributed by atoms with Gasteiger partial charge in [0.05, 0.1) is 0 Å². The molecule has 0 amide bonds. The molecular formula is C16H11I. The van der Waals surface area contributed by atoms with E-state index in [0.717, 1.165) is 0 Å². The van der Waals surface area contributed by atoms with E-state index in [1.807, 2.05) is 0 Å². The van der Waals surface area contributed by atoms with Crippen LogP contribution in [0.15, 0.2) is 48.5 Å². The van der Waals surface area contributed by atoms with Crippen molar-refractivity contribution >= 4 is 44.4 Å². The zero-order chi connectivity index (χ0) is 11.7. The van der Waals surface area contributed by atoms with Gasteiger partial charge >= 0.3 is 0 Å². The van der Waals surface area contributed by atoms with Crippen molar-refractivity contribution in [3.8, 4) is 0 Å². The van der Waals surface area contributed by atoms with Crippen LogP contribution in [0.2, 0.25) is 0 Å². The van der Waals surface area contributed by atoms with Gasteiger partial charge in [-0.15, -0.1) is 0 Å². The highest BCUT2D eigenvalue weighted by Crippen LogP contribution is 2.26. The van der Waals surface area contributed by atoms with Gasteiger partial charge in [-0.25, -0.2) is 0 Å². The second-order valence-corrected chi connectivity index (χ2v) is 5.28. The van der Waals surface area contributed by atoms with Crippen LogP contribution in [-0.2, 0) is 0 Å². The lowest BCUT2D eigenvalue weighted by molar-refractivity contribution is 1.59. The Morgan fingerprint density at radius 1 is 0.588 bits per heavy atom. The zero-order valence-electron chi connectivity index (χ0n) is 9.23. The molecule has 0 nitrogen and oxygen atoms in total. The Hall–Kier alpha value is -1.35. The van der Waals surface area contributed by atoms with Gasteiger partial charge in [0.1, 0.15) is 0 Å². The second kappa shape index (κ2) is 4.49. The van der Waals surface area contributed by atoms with Crippen LogP contribution in [0.4, 0.5) is 0 Å². The molecular weight excluding hydrogens is 319 g/mol. The maximum Gasteiger partial charge on any atom is 0.0208 e. The van der Waals surface area contributed by atoms with E-state index in [0.29, 0.717) is 0 Å². The van der Waals surface area contributed by atoms with Gasteiger partial charge in [-0.1, -0.05) is 60.7 Å². The predicted molar refractivity (Wildman–Crippen MR) is 83.7 cm³/mol. The van der Waals surface area contributed by atoms with Crippen molar-refractivity contribution in [2.75, 3.05) is 0 Å². The minimum absolute atomic E-state index is 1.24. The summed E-state index contributed by atoms with van der Waals surface area (Å²) >= 11 is 2.39. The van der Waals surface area contributed by atoms with E-state index < -0.39 is 0 Å². The standard InChI is InChI=1S/C16H11I/c17-16-11-14-5-3-12(4-6-14)1-2-13-7-9-15(16)10-8-13/h1-11H/b2-1-,12-1?,13-2?,14-11?,16-11+,16-15?. The van der Waals surface area contributed by atoms with Crippen LogP contribution >= 0.6 is 22.6 Å². The molecule has 2 aromatic rings. The van der Waals surface area contributed by atoms with Crippen LogP contribution in [0.25, 0.3) is 21.8 Å². The first kappa shape index (κ1) is 10.8. The molecule has 4 aliphatic rings. The van der Waals surface area contributed by atoms with Crippen LogP contribution in [0, 0.1) is 0 Å². The molecule has 0 saturated carbocycles. The largest absolute Gasteiger partial charge is 0.0544 e. The fourth-order valence-corrected chi connectivity index (χ4v) is 2.60. The molecule has 6 rings (SSSR count). The SMILES string of the molecule is I/C1=C/c2ccc(cc2)/C=C\c2ccc1cc2. The van der Waals surface area contributed by atoms with E-state index in [9.17, 15) is 0 Å². The van der Waals surface area contributed by atoms with Crippen LogP contribution < -0.4 is 0 Å². The molecule has 0 spiro atoms. The number of benzene rings is 2. The number of halogens is 1. The summed E-state index contributed by atoms with van der Waals surface area (Å²) in [7, 11) is 0. The van der Waals surface area contributed by atoms with Crippen molar-refractivity contribution in [3.05, 3.63) is 70.8 Å². The second-order valence-electron chi connectivity index (χ2n) is 4.11. The average Bonchev–Trinajstić information content (AvgIpc) is 2.36. The lowest BCUT2D eigenvalue weighted by Gasteiger charge is -2.04. The van der Waals surface area contributed by atoms with Crippen LogP contribution in [0.1, 0.15) is 22.3 Å². The Kier molecular flexibility index (Phi) is 2.85. The van der Waals surface area contributed by atoms with Gasteiger partial charge in [-0.2, -0.15) is 0 Å². The third-order valence-electron chi connectivity index (χ3n) is 2.88. The Morgan fingerprint density at radius 3 is 1.65 bits per heavy atom. The monoisotopic (exact) mass is 330 g/mol. The highest BCUT2D eigenvalue weighted by Gasteiger charge is 1.99. The predicted octanol–water partition coefficient (Wildman–Crippen LogP) is 5.10. The minimum atomic E-state index is 1.24. The van der Waals surface area contributed by atoms with Gasteiger partial charge in [0.25, 0.3) is 0 Å². The number of rotatable bonds is 0. The number of hydrogen-bond acceptors (Lipinski definition) is 0. The topological polar surface area (TPSA) is 0 Å². The summed E-state index contributed by atoms with van der Waals surface area (Å²) in [5, 5.41) is 0. The summed E-state index contributed by atoms with van der Waals surface area (Å²) in [6, 6.07) is 17.3. The molecule has 0 atom stereocenters. The Bertz CT molecular complexity index is 586. The van der Waals surface area contributed by atoms with Crippen molar-refractivity contribution in [1.82, 2.24) is 0 Å². The van der Waals surface area contributed by atoms with Gasteiger partial charge in [0.15, 0.2) is 0 Å². The van der Waals surface area contributed by atoms with E-state index in [1.165, 1.54) is 25.8 Å². The van der Waals surface area contributed by atoms with E-state index in [1.54, 1.807) is 0 Å². The molecule has 4 bridgehead atoms. The molecule has 2 aromatic carbocycles. The van der Waals surface area contributed by atoms with E-state index in [4.69, 9.17) is 0 Å². The summed E-state index contributed by atoms with van der Waals surface area (Å²) in [6.45, 7) is 0. The fraction of sp³-hybridized carbons (Fsp3) is 0. The molecule has 0 radical (unpaired) electrons. The van der Waals surface area contributed by atoms with Crippen LogP contribution in [0.3, 0.4) is 0 Å². The molecule has 0 unspecified atom stereocenters. The molecule has 0 saturated heterocycles. The first-order valence-electron chi connectivity index (χ1n) is 5.57. The first-order valence-corrected chi connectivity index (χ1v) is 6.65. The zero-order valence-corrected chi connectivity index (χ0v) is 11.4. The van der Waals surface area contributed by atoms with Crippen molar-refractivity contribution in [3.63, 3.8) is 0 Å². The Morgan fingerprint density at radius 2 is 1.06 bits per heavy atom. The number of hydrogen-bond donors (Lipinski definition) is 0. The highest BCUT2D eigenvalue weighted by molar-refractivity contribution is 14.1. The lowest BCUT2D eigenvalue weighted by Crippen LogP contribution is -1.81. The van der Waals surface area contributed by atoms with Gasteiger partial charge in [0, 0.05) is 3.58 Å². The first-order chi connectivity index (χ1) is 8.31. The van der Waals surface area contributed by atoms with Gasteiger partial charge < -0.3 is 0 Å². The van der Waals surface area contributed by atoms with Gasteiger partial charge in [-0.05, 0) is 50.9 Å². The molecule has 0 aliphatic heterocycles. The lowest BCUT2D eigenvalue weighted by atomic mass is 10.1. The molecule has 4 aliphatic carbocycles. The Labute approximate surface area is 115 Å². The Balaban J connectivity index is 2.23. The maximum atomic E-state index is 2.39. The summed E-state index contributed by atoms with van der Waals surface area (Å²) in [6.07, 6.45) is 6.51. The quantitative estimate of drug-likeness (QED) is 0.589. The van der Waals surface area contributed by atoms with Crippen molar-refractivity contribution in [2.45, 2.75) is 0 Å². The smallest absolute Gasteiger partial charge is 0.0208 e. The van der Waals surface area contributed by atoms with Crippen molar-refractivity contribution < 1.29 is 0 Å². The van der Waals surface area contributed by atoms with Gasteiger partial charge in [-0.3, -0.25) is 0 Å². The molecule has 0 fully saturated rings. The summed E-state index contributed by atoms with van der Waals surface area (Å²) in [5.41, 5.74) is 4.99. The molecule has 1 heteroatoms. The van der Waals surface area contributed by atoms with Crippen molar-refractivity contribution in [1.29, 1.82) is 0 Å². The van der Waals surface area contributed by atoms with E-state index in [2.05, 4.69) is 89.3 Å². The molecule has 0 N–H and O–H groups in total. The average molecular weight is 330 g/mol. The highest BCUT2D eigenvalue weighted by atomic mass is 127. The summed E-state index contributed by atoms with van der Waals surface area (Å²) < 4.78 is 1.27. The summed E-state index contributed by atoms with van der Waals surface area (Å²) in [5.74, 6) is 0. The maximum absolute atomic E-state index is 2.39. The molecule has 82 valence electrons. The fourth-order valence-electron chi connectivity index (χ4n) is 1.88. The third-order valence-corrected chi connectivity index (χ3v) is 3.82. The molecule has 17 heavy (non-hydrogen) atoms. The van der Waals surface area contributed by atoms with Crippen molar-refractivity contribution in [2.24, 2.45) is 0 Å². The normalized spacial score (nSPS) is 18.1. The van der Waals surface area contributed by atoms with E-state index in [-0.39, 0.29) is 0 Å². The third kappa shape index (κ3) is 2.34. The molecule has 0 heterocycles. The van der Waals surface area contributed by atoms with Crippen LogP contribution in [0.5, 0.6) is 0 Å².